The molecule has 38 nitrogen and oxygen atoms in total. The zero-order valence-corrected chi connectivity index (χ0v) is 61.3. The molecule has 594 valence electrons. The number of alkyl carbamates (subject to hydrolysis) is 1. The number of ether oxygens (including phenoxy) is 8. The van der Waals surface area contributed by atoms with E-state index >= 15 is 0 Å². The van der Waals surface area contributed by atoms with Crippen molar-refractivity contribution >= 4 is 100 Å². The molecule has 9 atom stereocenters. The first kappa shape index (κ1) is 85.9. The number of nitrogens with zero attached hydrogens (tertiary/aromatic N) is 1. The number of hydrogen-bond acceptors (Lipinski definition) is 28. The topological polar surface area (TPSA) is 560 Å². The van der Waals surface area contributed by atoms with Crippen molar-refractivity contribution in [2.45, 2.75) is 134 Å². The van der Waals surface area contributed by atoms with E-state index in [0.717, 1.165) is 29.7 Å². The fourth-order valence-corrected chi connectivity index (χ4v) is 13.1. The highest BCUT2D eigenvalue weighted by Gasteiger charge is 2.51. The summed E-state index contributed by atoms with van der Waals surface area (Å²) in [6.45, 7) is 3.36. The molecular formula is C70H90N10O28S. The van der Waals surface area contributed by atoms with Crippen LogP contribution in [-0.4, -0.2) is 259 Å². The molecule has 4 aliphatic rings. The number of fused-ring (bicyclic) bond motifs is 3. The molecular weight excluding hydrogens is 1460 g/mol. The molecule has 2 heterocycles. The number of benzene rings is 3. The number of aliphatic hydroxyl groups is 3. The summed E-state index contributed by atoms with van der Waals surface area (Å²) >= 11 is 0.749. The molecule has 2 aliphatic heterocycles. The fourth-order valence-electron chi connectivity index (χ4n) is 12.1. The lowest BCUT2D eigenvalue weighted by atomic mass is 9.72. The van der Waals surface area contributed by atoms with Crippen LogP contribution in [0.1, 0.15) is 121 Å². The van der Waals surface area contributed by atoms with Gasteiger partial charge in [-0.2, -0.15) is 0 Å². The summed E-state index contributed by atoms with van der Waals surface area (Å²) < 4.78 is 44.9. The smallest absolute Gasteiger partial charge is 0.407 e. The number of rotatable bonds is 41. The van der Waals surface area contributed by atoms with Crippen molar-refractivity contribution in [2.24, 2.45) is 11.7 Å². The maximum atomic E-state index is 14.3. The third-order valence-corrected chi connectivity index (χ3v) is 18.7. The summed E-state index contributed by atoms with van der Waals surface area (Å²) in [5.74, 6) is -12.6. The van der Waals surface area contributed by atoms with E-state index in [1.165, 1.54) is 57.5 Å². The molecule has 0 unspecified atom stereocenters. The molecule has 16 N–H and O–H groups in total. The summed E-state index contributed by atoms with van der Waals surface area (Å²) in [6.07, 6.45) is -8.07. The molecule has 1 saturated heterocycles. The number of aliphatic hydroxyl groups excluding tert-OH is 2. The number of imide groups is 1. The standard InChI is InChI=1S/C70H90N10O28S/c1-34(2)58(79-51(86)31-104-23-22-103-21-20-101-5)65(94)77-41(11-8-16-74-68(71)98)64(93)76-38-14-13-37(45(24-38)105-32-50(85)73-18-9-17-72-49(84)15-19-80-52(87)26-47(66(80)95)109-33-43(67(96)97)75-36(4)82)30-106-69(99)78-42-25-53(107-35(3)59(42)88)108-46-28-70(100,48(83)29-81)27-40-55(46)63(92)57-56(61(40)90)60(89)39-10-7-12-44(102-6)54(39)62(57)91/h7,10,12-14,24,26,34-35,41-43,46,53,58-59,81,88,90,92,100H,8-9,11,15-23,25,27-33H2,1-6H3,(H,72,84)(H,73,85)(H,75,82)(H,76,93)(H,77,94)(H,78,99)(H,79,86)(H,96,97)(H3,71,74,98)/t35-,41-,42-,43-,46-,53-,58-,59+,70-/m0/s1. The lowest BCUT2D eigenvalue weighted by Gasteiger charge is -2.42. The maximum Gasteiger partial charge on any atom is 0.407 e. The zero-order chi connectivity index (χ0) is 80.0. The number of ketones is 3. The first-order valence-corrected chi connectivity index (χ1v) is 35.5. The summed E-state index contributed by atoms with van der Waals surface area (Å²) in [5, 5.41) is 86.9. The first-order valence-electron chi connectivity index (χ1n) is 34.5. The van der Waals surface area contributed by atoms with Crippen molar-refractivity contribution < 1.29 is 136 Å². The van der Waals surface area contributed by atoms with Gasteiger partial charge < -0.3 is 117 Å². The van der Waals surface area contributed by atoms with Gasteiger partial charge >= 0.3 is 18.1 Å². The van der Waals surface area contributed by atoms with Gasteiger partial charge in [0.15, 0.2) is 24.5 Å². The van der Waals surface area contributed by atoms with Crippen LogP contribution < -0.4 is 57.7 Å². The number of Topliss-reactive ketones (excluding diaryl/α,β-unsaturated/α-hetero) is 1. The second-order valence-corrected chi connectivity index (χ2v) is 26.9. The number of urea groups is 1. The highest BCUT2D eigenvalue weighted by Crippen LogP contribution is 2.53. The van der Waals surface area contributed by atoms with E-state index in [0.29, 0.717) is 13.2 Å². The lowest BCUT2D eigenvalue weighted by Crippen LogP contribution is -2.56. The van der Waals surface area contributed by atoms with Crippen LogP contribution in [0.5, 0.6) is 23.0 Å². The molecule has 0 saturated carbocycles. The van der Waals surface area contributed by atoms with Gasteiger partial charge in [-0.3, -0.25) is 57.6 Å². The van der Waals surface area contributed by atoms with Gasteiger partial charge in [0.1, 0.15) is 72.6 Å². The SMILES string of the molecule is COCCOCCOCC(=O)N[C@H](C(=O)N[C@@H](CCCNC(N)=O)C(=O)Nc1ccc(COC(=O)N[C@H]2C[C@H](O[C@H]3C[C@](O)(C(=O)CO)Cc4c(O)c5c(c(O)c43)C(=O)c3c(OC)cccc3C5=O)O[C@@H](C)[C@H]2O)c(OCC(=O)NCCCNC(=O)CCN2C(=O)C=C(SC[C@H](NC(C)=O)C(=O)O)C2=O)c1)C(C)C. The van der Waals surface area contributed by atoms with Crippen molar-refractivity contribution in [1.29, 1.82) is 0 Å². The van der Waals surface area contributed by atoms with Gasteiger partial charge in [0.05, 0.1) is 73.4 Å². The Morgan fingerprint density at radius 2 is 1.50 bits per heavy atom. The number of nitrogens with two attached hydrogens (primary N) is 1. The molecule has 0 bridgehead atoms. The third-order valence-electron chi connectivity index (χ3n) is 17.6. The number of nitrogens with one attached hydrogen (secondary N) is 8. The molecule has 0 radical (unpaired) electrons. The number of aromatic hydroxyl groups is 2. The molecule has 109 heavy (non-hydrogen) atoms. The molecule has 1 fully saturated rings. The van der Waals surface area contributed by atoms with Crippen LogP contribution >= 0.6 is 11.8 Å². The van der Waals surface area contributed by atoms with Gasteiger partial charge in [0.25, 0.3) is 17.7 Å². The number of carbonyl (C=O) groups excluding carboxylic acids is 13. The monoisotopic (exact) mass is 1550 g/mol. The molecule has 2 aliphatic carbocycles. The van der Waals surface area contributed by atoms with Crippen molar-refractivity contribution in [3.05, 3.63) is 86.3 Å². The molecule has 0 spiro atoms. The van der Waals surface area contributed by atoms with Crippen LogP contribution in [0.2, 0.25) is 0 Å². The summed E-state index contributed by atoms with van der Waals surface area (Å²) in [4.78, 5) is 184. The Balaban J connectivity index is 1.04. The summed E-state index contributed by atoms with van der Waals surface area (Å²) in [5.41, 5.74) is 0.457. The Hall–Kier alpha value is -10.4. The van der Waals surface area contributed by atoms with Gasteiger partial charge in [-0.05, 0) is 50.3 Å². The summed E-state index contributed by atoms with van der Waals surface area (Å²) in [7, 11) is 2.76. The van der Waals surface area contributed by atoms with Crippen molar-refractivity contribution in [1.82, 2.24) is 42.1 Å². The number of thioether (sulfide) groups is 1. The van der Waals surface area contributed by atoms with Crippen LogP contribution in [-0.2, 0) is 89.4 Å². The third kappa shape index (κ3) is 23.1. The first-order chi connectivity index (χ1) is 51.8. The van der Waals surface area contributed by atoms with Crippen molar-refractivity contribution in [2.75, 3.05) is 97.7 Å². The molecule has 3 aromatic carbocycles. The number of primary amides is 1. The maximum absolute atomic E-state index is 14.3. The largest absolute Gasteiger partial charge is 0.507 e. The number of methoxy groups -OCH3 is 2. The normalized spacial score (nSPS) is 19.3. The predicted molar refractivity (Wildman–Crippen MR) is 378 cm³/mol. The summed E-state index contributed by atoms with van der Waals surface area (Å²) in [6, 6.07) is 2.09. The van der Waals surface area contributed by atoms with E-state index in [-0.39, 0.29) is 121 Å². The van der Waals surface area contributed by atoms with Crippen LogP contribution in [0, 0.1) is 5.92 Å². The minimum absolute atomic E-state index is 0.00302. The van der Waals surface area contributed by atoms with Gasteiger partial charge in [-0.15, -0.1) is 11.8 Å². The Kier molecular flexibility index (Phi) is 31.6. The molecule has 39 heteroatoms. The molecule has 7 rings (SSSR count). The van der Waals surface area contributed by atoms with E-state index in [2.05, 4.69) is 42.5 Å². The van der Waals surface area contributed by atoms with Gasteiger partial charge in [0.2, 0.25) is 35.3 Å². The van der Waals surface area contributed by atoms with E-state index in [1.807, 2.05) is 0 Å². The Labute approximate surface area is 627 Å². The van der Waals surface area contributed by atoms with E-state index in [9.17, 15) is 97.8 Å². The highest BCUT2D eigenvalue weighted by atomic mass is 32.2. The minimum atomic E-state index is -2.51. The van der Waals surface area contributed by atoms with Crippen LogP contribution in [0.25, 0.3) is 0 Å². The lowest BCUT2D eigenvalue weighted by molar-refractivity contribution is -0.249. The van der Waals surface area contributed by atoms with E-state index in [1.54, 1.807) is 13.8 Å². The molecule has 3 aromatic rings. The second-order valence-electron chi connectivity index (χ2n) is 25.9. The quantitative estimate of drug-likeness (QED) is 0.0138. The van der Waals surface area contributed by atoms with Crippen molar-refractivity contribution in [3.8, 4) is 23.0 Å². The van der Waals surface area contributed by atoms with Gasteiger partial charge in [-0.1, -0.05) is 26.0 Å². The molecule has 0 aromatic heterocycles. The Morgan fingerprint density at radius 3 is 2.17 bits per heavy atom. The van der Waals surface area contributed by atoms with E-state index in [4.69, 9.17) is 43.6 Å². The number of phenolic OH excluding ortho intramolecular Hbond substituents is 2. The number of anilines is 1. The van der Waals surface area contributed by atoms with E-state index < -0.39 is 211 Å². The Bertz CT molecular complexity index is 3970. The fraction of sp³-hybridized carbons (Fsp3) is 0.514. The zero-order valence-electron chi connectivity index (χ0n) is 60.5. The van der Waals surface area contributed by atoms with Gasteiger partial charge in [-0.25, -0.2) is 14.4 Å². The number of phenols is 2. The average molecular weight is 1550 g/mol. The number of carbonyl (C=O) groups is 14. The van der Waals surface area contributed by atoms with Crippen molar-refractivity contribution in [3.63, 3.8) is 0 Å². The number of hydrogen-bond donors (Lipinski definition) is 15. The minimum Gasteiger partial charge on any atom is -0.507 e. The van der Waals surface area contributed by atoms with Gasteiger partial charge in [0, 0.05) is 112 Å². The second kappa shape index (κ2) is 40.2. The average Bonchev–Trinajstić information content (AvgIpc) is 1.19. The van der Waals surface area contributed by atoms with Crippen LogP contribution in [0.3, 0.4) is 0 Å². The number of carboxylic acid groups (broad SMARTS) is 1. The number of carboxylic acids is 1. The van der Waals surface area contributed by atoms with Crippen LogP contribution in [0.4, 0.5) is 15.3 Å². The number of amides is 11. The van der Waals surface area contributed by atoms with Crippen LogP contribution in [0.15, 0.2) is 47.4 Å². The number of aliphatic carboxylic acids is 1. The Morgan fingerprint density at radius 1 is 0.798 bits per heavy atom. The predicted octanol–water partition coefficient (Wildman–Crippen LogP) is -1.37. The molecule has 11 amide bonds. The highest BCUT2D eigenvalue weighted by molar-refractivity contribution is 8.04.